The van der Waals surface area contributed by atoms with Crippen LogP contribution in [0.1, 0.15) is 37.3 Å². The second-order valence-electron chi connectivity index (χ2n) is 6.64. The molecule has 0 aliphatic carbocycles. The number of piperidine rings is 1. The number of nitrogens with one attached hydrogen (secondary N) is 2. The molecule has 1 aliphatic rings. The number of anilines is 1. The molecule has 2 rings (SSSR count). The lowest BCUT2D eigenvalue weighted by Gasteiger charge is -2.28. The van der Waals surface area contributed by atoms with Gasteiger partial charge in [0.2, 0.25) is 5.91 Å². The highest BCUT2D eigenvalue weighted by Gasteiger charge is 2.22. The Balaban J connectivity index is 0.00000288. The summed E-state index contributed by atoms with van der Waals surface area (Å²) in [5, 5.41) is 6.45. The van der Waals surface area contributed by atoms with Crippen LogP contribution in [0.2, 0.25) is 0 Å². The van der Waals surface area contributed by atoms with Crippen molar-refractivity contribution in [2.75, 3.05) is 24.7 Å². The summed E-state index contributed by atoms with van der Waals surface area (Å²) in [6.07, 6.45) is 4.66. The average Bonchev–Trinajstić information content (AvgIpc) is 2.51. The van der Waals surface area contributed by atoms with Crippen LogP contribution in [0.25, 0.3) is 0 Å². The van der Waals surface area contributed by atoms with Gasteiger partial charge in [-0.15, -0.1) is 12.4 Å². The van der Waals surface area contributed by atoms with Crippen molar-refractivity contribution in [3.05, 3.63) is 29.3 Å². The minimum atomic E-state index is -0.880. The highest BCUT2D eigenvalue weighted by molar-refractivity contribution is 7.83. The molecule has 3 unspecified atom stereocenters. The monoisotopic (exact) mass is 372 g/mol. The molecule has 1 saturated heterocycles. The molecule has 24 heavy (non-hydrogen) atoms. The van der Waals surface area contributed by atoms with Gasteiger partial charge in [0.15, 0.2) is 0 Å². The molecular weight excluding hydrogens is 344 g/mol. The molecule has 1 heterocycles. The van der Waals surface area contributed by atoms with Gasteiger partial charge in [0.1, 0.15) is 0 Å². The second-order valence-corrected chi connectivity index (χ2v) is 8.08. The Hall–Kier alpha value is -0.910. The van der Waals surface area contributed by atoms with Gasteiger partial charge < -0.3 is 10.6 Å². The molecule has 1 amide bonds. The summed E-state index contributed by atoms with van der Waals surface area (Å²) in [6.45, 7) is 6.26. The first-order valence-corrected chi connectivity index (χ1v) is 10.1. The molecule has 0 saturated carbocycles. The van der Waals surface area contributed by atoms with Crippen molar-refractivity contribution in [3.8, 4) is 0 Å². The van der Waals surface area contributed by atoms with Gasteiger partial charge in [0.25, 0.3) is 0 Å². The predicted octanol–water partition coefficient (Wildman–Crippen LogP) is 3.26. The van der Waals surface area contributed by atoms with E-state index in [4.69, 9.17) is 0 Å². The van der Waals surface area contributed by atoms with E-state index in [0.29, 0.717) is 24.0 Å². The number of amides is 1. The molecule has 1 aliphatic heterocycles. The van der Waals surface area contributed by atoms with Gasteiger partial charge in [-0.1, -0.05) is 19.1 Å². The van der Waals surface area contributed by atoms with Crippen molar-refractivity contribution in [1.29, 1.82) is 0 Å². The number of benzene rings is 1. The maximum Gasteiger partial charge on any atom is 0.224 e. The third-order valence-corrected chi connectivity index (χ3v) is 5.44. The van der Waals surface area contributed by atoms with E-state index in [1.165, 1.54) is 12.8 Å². The Kier molecular flexibility index (Phi) is 8.95. The van der Waals surface area contributed by atoms with Crippen LogP contribution in [0.5, 0.6) is 0 Å². The molecule has 2 N–H and O–H groups in total. The van der Waals surface area contributed by atoms with E-state index >= 15 is 0 Å². The Morgan fingerprint density at radius 1 is 1.46 bits per heavy atom. The van der Waals surface area contributed by atoms with Gasteiger partial charge in [0.05, 0.1) is 0 Å². The van der Waals surface area contributed by atoms with Crippen LogP contribution in [0.3, 0.4) is 0 Å². The third kappa shape index (κ3) is 6.19. The van der Waals surface area contributed by atoms with E-state index in [0.717, 1.165) is 29.9 Å². The average molecular weight is 373 g/mol. The molecular formula is C18H29ClN2O2S. The summed E-state index contributed by atoms with van der Waals surface area (Å²) in [6, 6.07) is 5.81. The minimum Gasteiger partial charge on any atom is -0.326 e. The molecule has 0 aromatic heterocycles. The number of hydrogen-bond acceptors (Lipinski definition) is 3. The largest absolute Gasteiger partial charge is 0.326 e. The van der Waals surface area contributed by atoms with E-state index < -0.39 is 10.8 Å². The number of carbonyl (C=O) groups excluding carboxylic acids is 1. The Morgan fingerprint density at radius 2 is 2.21 bits per heavy atom. The Labute approximate surface area is 154 Å². The zero-order valence-corrected chi connectivity index (χ0v) is 16.4. The summed E-state index contributed by atoms with van der Waals surface area (Å²) in [7, 11) is -0.880. The first kappa shape index (κ1) is 21.1. The van der Waals surface area contributed by atoms with E-state index in [1.54, 1.807) is 6.26 Å². The highest BCUT2D eigenvalue weighted by Crippen LogP contribution is 2.24. The Bertz CT molecular complexity index is 574. The first-order valence-electron chi connectivity index (χ1n) is 8.36. The number of halogens is 1. The van der Waals surface area contributed by atoms with Gasteiger partial charge >= 0.3 is 0 Å². The Morgan fingerprint density at radius 3 is 2.83 bits per heavy atom. The third-order valence-electron chi connectivity index (χ3n) is 4.73. The predicted molar refractivity (Wildman–Crippen MR) is 104 cm³/mol. The molecule has 6 heteroatoms. The number of hydrogen-bond donors (Lipinski definition) is 2. The van der Waals surface area contributed by atoms with Gasteiger partial charge in [-0.25, -0.2) is 0 Å². The van der Waals surface area contributed by atoms with Crippen molar-refractivity contribution in [3.63, 3.8) is 0 Å². The van der Waals surface area contributed by atoms with Gasteiger partial charge in [-0.05, 0) is 61.9 Å². The zero-order valence-electron chi connectivity index (χ0n) is 14.8. The van der Waals surface area contributed by atoms with Crippen molar-refractivity contribution in [2.24, 2.45) is 11.8 Å². The molecule has 1 fully saturated rings. The second kappa shape index (κ2) is 10.2. The van der Waals surface area contributed by atoms with Crippen LogP contribution >= 0.6 is 12.4 Å². The van der Waals surface area contributed by atoms with Crippen molar-refractivity contribution in [1.82, 2.24) is 5.32 Å². The van der Waals surface area contributed by atoms with Crippen molar-refractivity contribution >= 4 is 34.8 Å². The molecule has 3 atom stereocenters. The fourth-order valence-corrected chi connectivity index (χ4v) is 3.97. The summed E-state index contributed by atoms with van der Waals surface area (Å²) in [5.41, 5.74) is 2.89. The van der Waals surface area contributed by atoms with E-state index in [2.05, 4.69) is 17.6 Å². The summed E-state index contributed by atoms with van der Waals surface area (Å²) >= 11 is 0. The van der Waals surface area contributed by atoms with Gasteiger partial charge in [-0.3, -0.25) is 9.00 Å². The fraction of sp³-hybridized carbons (Fsp3) is 0.611. The van der Waals surface area contributed by atoms with Crippen molar-refractivity contribution in [2.45, 2.75) is 38.9 Å². The molecule has 0 radical (unpaired) electrons. The lowest BCUT2D eigenvalue weighted by molar-refractivity contribution is -0.117. The quantitative estimate of drug-likeness (QED) is 0.805. The lowest BCUT2D eigenvalue weighted by Crippen LogP contribution is -2.34. The van der Waals surface area contributed by atoms with E-state index in [9.17, 15) is 9.00 Å². The first-order chi connectivity index (χ1) is 11.0. The van der Waals surface area contributed by atoms with Gasteiger partial charge in [0, 0.05) is 34.9 Å². The molecule has 0 spiro atoms. The van der Waals surface area contributed by atoms with Crippen LogP contribution < -0.4 is 10.6 Å². The van der Waals surface area contributed by atoms with E-state index in [-0.39, 0.29) is 18.3 Å². The normalized spacial score (nSPS) is 19.9. The highest BCUT2D eigenvalue weighted by atomic mass is 35.5. The minimum absolute atomic E-state index is 0. The standard InChI is InChI=1S/C18H28N2O2S.ClH/c1-13(15-7-5-9-19-11-15)10-18(21)20-17-8-4-6-16(14(17)2)12-23(3)22;/h4,6,8,13,15,19H,5,7,9-12H2,1-3H3,(H,20,21);1H. The SMILES string of the molecule is Cc1c(CS(C)=O)cccc1NC(=O)CC(C)C1CCCNC1.Cl. The van der Waals surface area contributed by atoms with Crippen LogP contribution in [0.4, 0.5) is 5.69 Å². The smallest absolute Gasteiger partial charge is 0.224 e. The van der Waals surface area contributed by atoms with Crippen LogP contribution in [0.15, 0.2) is 18.2 Å². The molecule has 0 bridgehead atoms. The lowest BCUT2D eigenvalue weighted by atomic mass is 9.85. The van der Waals surface area contributed by atoms with E-state index in [1.807, 2.05) is 25.1 Å². The molecule has 1 aromatic rings. The molecule has 1 aromatic carbocycles. The molecule has 4 nitrogen and oxygen atoms in total. The topological polar surface area (TPSA) is 58.2 Å². The maximum atomic E-state index is 12.4. The zero-order chi connectivity index (χ0) is 16.8. The number of rotatable bonds is 6. The van der Waals surface area contributed by atoms with Crippen LogP contribution in [-0.2, 0) is 21.3 Å². The van der Waals surface area contributed by atoms with Crippen molar-refractivity contribution < 1.29 is 9.00 Å². The number of carbonyl (C=O) groups is 1. The summed E-state index contributed by atoms with van der Waals surface area (Å²) < 4.78 is 11.4. The fourth-order valence-electron chi connectivity index (χ4n) is 3.22. The maximum absolute atomic E-state index is 12.4. The van der Waals surface area contributed by atoms with Crippen LogP contribution in [-0.4, -0.2) is 29.5 Å². The summed E-state index contributed by atoms with van der Waals surface area (Å²) in [5.74, 6) is 1.57. The molecule has 136 valence electrons. The van der Waals surface area contributed by atoms with Gasteiger partial charge in [-0.2, -0.15) is 0 Å². The summed E-state index contributed by atoms with van der Waals surface area (Å²) in [4.78, 5) is 12.4. The van der Waals surface area contributed by atoms with Crippen LogP contribution in [0, 0.1) is 18.8 Å².